The second kappa shape index (κ2) is 2.83. The second-order valence-electron chi connectivity index (χ2n) is 3.49. The molecule has 68 valence electrons. The molecule has 0 unspecified atom stereocenters. The van der Waals surface area contributed by atoms with Crippen LogP contribution in [0.3, 0.4) is 0 Å². The van der Waals surface area contributed by atoms with Gasteiger partial charge in [-0.25, -0.2) is 0 Å². The van der Waals surface area contributed by atoms with Crippen LogP contribution in [0.5, 0.6) is 0 Å². The number of aliphatic hydroxyl groups is 1. The normalized spacial score (nSPS) is 34.4. The standard InChI is InChI=1S/C9H14O3/c1-7-2-3-9(6-8(7)10)11-4-5-12-9/h8,10H,1-6H2/t8-/m1/s1. The maximum absolute atomic E-state index is 9.54. The SMILES string of the molecule is C=C1CCC2(C[C@H]1O)OCCO2. The van der Waals surface area contributed by atoms with E-state index in [1.54, 1.807) is 0 Å². The van der Waals surface area contributed by atoms with Gasteiger partial charge >= 0.3 is 0 Å². The monoisotopic (exact) mass is 170 g/mol. The van der Waals surface area contributed by atoms with Gasteiger partial charge in [-0.2, -0.15) is 0 Å². The molecular weight excluding hydrogens is 156 g/mol. The van der Waals surface area contributed by atoms with E-state index in [4.69, 9.17) is 9.47 Å². The highest BCUT2D eigenvalue weighted by molar-refractivity contribution is 5.08. The molecule has 2 rings (SSSR count). The molecule has 2 aliphatic rings. The van der Waals surface area contributed by atoms with E-state index in [2.05, 4.69) is 6.58 Å². The van der Waals surface area contributed by atoms with E-state index in [1.165, 1.54) is 0 Å². The van der Waals surface area contributed by atoms with Gasteiger partial charge in [0.1, 0.15) is 0 Å². The lowest BCUT2D eigenvalue weighted by molar-refractivity contribution is -0.186. The first-order valence-corrected chi connectivity index (χ1v) is 4.35. The van der Waals surface area contributed by atoms with E-state index in [-0.39, 0.29) is 0 Å². The van der Waals surface area contributed by atoms with Crippen LogP contribution in [0.15, 0.2) is 12.2 Å². The minimum atomic E-state index is -0.486. The molecule has 1 N–H and O–H groups in total. The third-order valence-electron chi connectivity index (χ3n) is 2.62. The van der Waals surface area contributed by atoms with Gasteiger partial charge in [0.2, 0.25) is 0 Å². The van der Waals surface area contributed by atoms with Gasteiger partial charge in [-0.3, -0.25) is 0 Å². The third kappa shape index (κ3) is 1.28. The van der Waals surface area contributed by atoms with Gasteiger partial charge in [0.15, 0.2) is 5.79 Å². The molecule has 0 amide bonds. The summed E-state index contributed by atoms with van der Waals surface area (Å²) in [7, 11) is 0. The Balaban J connectivity index is 2.05. The van der Waals surface area contributed by atoms with Crippen LogP contribution in [0.25, 0.3) is 0 Å². The van der Waals surface area contributed by atoms with Crippen molar-refractivity contribution >= 4 is 0 Å². The van der Waals surface area contributed by atoms with E-state index < -0.39 is 11.9 Å². The lowest BCUT2D eigenvalue weighted by atomic mass is 9.88. The Bertz CT molecular complexity index is 194. The van der Waals surface area contributed by atoms with Gasteiger partial charge < -0.3 is 14.6 Å². The summed E-state index contributed by atoms with van der Waals surface area (Å²) >= 11 is 0. The molecule has 12 heavy (non-hydrogen) atoms. The largest absolute Gasteiger partial charge is 0.389 e. The van der Waals surface area contributed by atoms with E-state index in [0.29, 0.717) is 19.6 Å². The summed E-state index contributed by atoms with van der Waals surface area (Å²) in [4.78, 5) is 0. The fourth-order valence-corrected chi connectivity index (χ4v) is 1.82. The minimum absolute atomic E-state index is 0.447. The highest BCUT2D eigenvalue weighted by Crippen LogP contribution is 2.37. The Morgan fingerprint density at radius 3 is 2.67 bits per heavy atom. The molecule has 1 atom stereocenters. The van der Waals surface area contributed by atoms with E-state index >= 15 is 0 Å². The molecule has 1 heterocycles. The maximum atomic E-state index is 9.54. The summed E-state index contributed by atoms with van der Waals surface area (Å²) in [5.41, 5.74) is 0.903. The van der Waals surface area contributed by atoms with E-state index in [1.807, 2.05) is 0 Å². The number of ether oxygens (including phenoxy) is 2. The number of aliphatic hydroxyl groups excluding tert-OH is 1. The third-order valence-corrected chi connectivity index (χ3v) is 2.62. The van der Waals surface area contributed by atoms with Crippen molar-refractivity contribution in [3.05, 3.63) is 12.2 Å². The first-order chi connectivity index (χ1) is 5.72. The van der Waals surface area contributed by atoms with Crippen LogP contribution in [0.4, 0.5) is 0 Å². The molecule has 0 radical (unpaired) electrons. The Hall–Kier alpha value is -0.380. The summed E-state index contributed by atoms with van der Waals surface area (Å²) in [6, 6.07) is 0. The molecule has 1 spiro atoms. The summed E-state index contributed by atoms with van der Waals surface area (Å²) in [6.45, 7) is 5.09. The van der Waals surface area contributed by atoms with Gasteiger partial charge in [0.25, 0.3) is 0 Å². The lowest BCUT2D eigenvalue weighted by Gasteiger charge is -2.35. The Kier molecular flexibility index (Phi) is 1.94. The van der Waals surface area contributed by atoms with Crippen LogP contribution >= 0.6 is 0 Å². The molecule has 1 aliphatic carbocycles. The van der Waals surface area contributed by atoms with Crippen LogP contribution in [0.2, 0.25) is 0 Å². The van der Waals surface area contributed by atoms with Gasteiger partial charge in [0, 0.05) is 12.8 Å². The molecule has 1 saturated carbocycles. The average Bonchev–Trinajstić information content (AvgIpc) is 2.47. The molecule has 0 aromatic carbocycles. The zero-order valence-corrected chi connectivity index (χ0v) is 7.08. The number of rotatable bonds is 0. The topological polar surface area (TPSA) is 38.7 Å². The summed E-state index contributed by atoms with van der Waals surface area (Å²) in [6.07, 6.45) is 1.74. The van der Waals surface area contributed by atoms with Gasteiger partial charge in [-0.1, -0.05) is 6.58 Å². The van der Waals surface area contributed by atoms with Crippen LogP contribution in [-0.4, -0.2) is 30.2 Å². The van der Waals surface area contributed by atoms with Crippen molar-refractivity contribution in [2.75, 3.05) is 13.2 Å². The molecule has 0 aromatic rings. The van der Waals surface area contributed by atoms with Crippen molar-refractivity contribution < 1.29 is 14.6 Å². The first kappa shape index (κ1) is 8.23. The van der Waals surface area contributed by atoms with Crippen LogP contribution in [-0.2, 0) is 9.47 Å². The maximum Gasteiger partial charge on any atom is 0.171 e. The first-order valence-electron chi connectivity index (χ1n) is 4.35. The molecule has 2 fully saturated rings. The highest BCUT2D eigenvalue weighted by Gasteiger charge is 2.42. The lowest BCUT2D eigenvalue weighted by Crippen LogP contribution is -2.39. The molecule has 0 bridgehead atoms. The van der Waals surface area contributed by atoms with Crippen molar-refractivity contribution in [1.82, 2.24) is 0 Å². The van der Waals surface area contributed by atoms with Crippen LogP contribution in [0.1, 0.15) is 19.3 Å². The predicted octanol–water partition coefficient (Wildman–Crippen LogP) is 0.831. The molecule has 3 heteroatoms. The zero-order chi connectivity index (χ0) is 8.60. The Morgan fingerprint density at radius 1 is 1.42 bits per heavy atom. The number of hydrogen-bond donors (Lipinski definition) is 1. The smallest absolute Gasteiger partial charge is 0.171 e. The van der Waals surface area contributed by atoms with Gasteiger partial charge in [-0.05, 0) is 12.0 Å². The van der Waals surface area contributed by atoms with Crippen molar-refractivity contribution in [2.45, 2.75) is 31.2 Å². The van der Waals surface area contributed by atoms with Gasteiger partial charge in [0.05, 0.1) is 19.3 Å². The summed E-state index contributed by atoms with van der Waals surface area (Å²) in [5, 5.41) is 9.54. The molecule has 1 saturated heterocycles. The molecular formula is C9H14O3. The molecule has 0 aromatic heterocycles. The van der Waals surface area contributed by atoms with Gasteiger partial charge in [-0.15, -0.1) is 0 Å². The van der Waals surface area contributed by atoms with Crippen molar-refractivity contribution in [1.29, 1.82) is 0 Å². The van der Waals surface area contributed by atoms with E-state index in [9.17, 15) is 5.11 Å². The van der Waals surface area contributed by atoms with Crippen LogP contribution < -0.4 is 0 Å². The predicted molar refractivity (Wildman–Crippen MR) is 43.6 cm³/mol. The minimum Gasteiger partial charge on any atom is -0.389 e. The van der Waals surface area contributed by atoms with Crippen LogP contribution in [0, 0.1) is 0 Å². The fourth-order valence-electron chi connectivity index (χ4n) is 1.82. The summed E-state index contributed by atoms with van der Waals surface area (Å²) < 4.78 is 11.0. The fraction of sp³-hybridized carbons (Fsp3) is 0.778. The quantitative estimate of drug-likeness (QED) is 0.547. The summed E-state index contributed by atoms with van der Waals surface area (Å²) in [5.74, 6) is -0.486. The van der Waals surface area contributed by atoms with Crippen molar-refractivity contribution in [2.24, 2.45) is 0 Å². The Labute approximate surface area is 72.0 Å². The highest BCUT2D eigenvalue weighted by atomic mass is 16.7. The van der Waals surface area contributed by atoms with Crippen molar-refractivity contribution in [3.8, 4) is 0 Å². The van der Waals surface area contributed by atoms with E-state index in [0.717, 1.165) is 18.4 Å². The molecule has 1 aliphatic heterocycles. The second-order valence-corrected chi connectivity index (χ2v) is 3.49. The zero-order valence-electron chi connectivity index (χ0n) is 7.08. The molecule has 3 nitrogen and oxygen atoms in total. The Morgan fingerprint density at radius 2 is 2.08 bits per heavy atom. The average molecular weight is 170 g/mol. The van der Waals surface area contributed by atoms with Crippen molar-refractivity contribution in [3.63, 3.8) is 0 Å². The number of hydrogen-bond acceptors (Lipinski definition) is 3.